The van der Waals surface area contributed by atoms with Gasteiger partial charge in [0.25, 0.3) is 0 Å². The summed E-state index contributed by atoms with van der Waals surface area (Å²) in [4.78, 5) is 47.1. The van der Waals surface area contributed by atoms with Gasteiger partial charge in [-0.25, -0.2) is 0 Å². The van der Waals surface area contributed by atoms with Crippen molar-refractivity contribution in [1.82, 2.24) is 15.5 Å². The molecule has 1 rings (SSSR count). The van der Waals surface area contributed by atoms with Crippen molar-refractivity contribution in [3.63, 3.8) is 0 Å². The predicted molar refractivity (Wildman–Crippen MR) is 84.2 cm³/mol. The van der Waals surface area contributed by atoms with Gasteiger partial charge >= 0.3 is 0 Å². The van der Waals surface area contributed by atoms with Crippen LogP contribution >= 0.6 is 12.6 Å². The van der Waals surface area contributed by atoms with E-state index in [0.29, 0.717) is 13.0 Å². The molecule has 0 aromatic rings. The van der Waals surface area contributed by atoms with Crippen LogP contribution < -0.4 is 10.6 Å². The van der Waals surface area contributed by atoms with E-state index in [1.165, 1.54) is 0 Å². The fourth-order valence-corrected chi connectivity index (χ4v) is 2.22. The average molecular weight is 327 g/mol. The molecule has 22 heavy (non-hydrogen) atoms. The number of thiol groups is 1. The summed E-state index contributed by atoms with van der Waals surface area (Å²) in [6.45, 7) is 4.34. The van der Waals surface area contributed by atoms with Crippen molar-refractivity contribution in [3.05, 3.63) is 12.7 Å². The minimum Gasteiger partial charge on any atom is -0.356 e. The lowest BCUT2D eigenvalue weighted by atomic mass is 10.3. The quantitative estimate of drug-likeness (QED) is 0.233. The number of hydrogen-bond acceptors (Lipinski definition) is 5. The van der Waals surface area contributed by atoms with Crippen molar-refractivity contribution >= 4 is 36.3 Å². The van der Waals surface area contributed by atoms with Crippen molar-refractivity contribution in [2.75, 3.05) is 19.6 Å². The van der Waals surface area contributed by atoms with Crippen LogP contribution in [0.4, 0.5) is 0 Å². The van der Waals surface area contributed by atoms with Crippen LogP contribution in [0.25, 0.3) is 0 Å². The zero-order valence-corrected chi connectivity index (χ0v) is 13.2. The van der Waals surface area contributed by atoms with Gasteiger partial charge in [0.05, 0.1) is 5.25 Å². The van der Waals surface area contributed by atoms with E-state index < -0.39 is 5.25 Å². The molecule has 0 aromatic carbocycles. The first-order chi connectivity index (χ1) is 10.5. The van der Waals surface area contributed by atoms with Crippen molar-refractivity contribution in [1.29, 1.82) is 0 Å². The number of nitrogens with zero attached hydrogens (tertiary/aromatic N) is 1. The van der Waals surface area contributed by atoms with E-state index in [2.05, 4.69) is 29.8 Å². The Bertz CT molecular complexity index is 467. The minimum absolute atomic E-state index is 0.0239. The molecular formula is C14H21N3O4S. The standard InChI is InChI=1S/C14H21N3O4S/c1-2-3-6-15-11(18)4-7-16-12(19)5-8-17-13(20)9-10(22)14(17)21/h2,10,22H,1,3-9H2,(H,15,18)(H,16,19). The van der Waals surface area contributed by atoms with Gasteiger partial charge in [-0.2, -0.15) is 12.6 Å². The SMILES string of the molecule is C=CCCNC(=O)CCNC(=O)CCN1C(=O)CC(S)C1=O. The Kier molecular flexibility index (Phi) is 7.65. The van der Waals surface area contributed by atoms with Gasteiger partial charge in [-0.15, -0.1) is 6.58 Å². The van der Waals surface area contributed by atoms with Crippen molar-refractivity contribution in [2.45, 2.75) is 30.9 Å². The van der Waals surface area contributed by atoms with E-state index in [9.17, 15) is 19.2 Å². The van der Waals surface area contributed by atoms with E-state index in [4.69, 9.17) is 0 Å². The second-order valence-electron chi connectivity index (χ2n) is 4.88. The molecule has 0 saturated carbocycles. The molecule has 2 N–H and O–H groups in total. The Morgan fingerprint density at radius 1 is 1.23 bits per heavy atom. The molecule has 1 aliphatic heterocycles. The highest BCUT2D eigenvalue weighted by Gasteiger charge is 2.36. The summed E-state index contributed by atoms with van der Waals surface area (Å²) in [5.74, 6) is -1.12. The lowest BCUT2D eigenvalue weighted by Gasteiger charge is -2.13. The molecule has 1 heterocycles. The smallest absolute Gasteiger partial charge is 0.242 e. The number of likely N-dealkylation sites (tertiary alicyclic amines) is 1. The Morgan fingerprint density at radius 3 is 2.45 bits per heavy atom. The molecule has 1 unspecified atom stereocenters. The Labute approximate surface area is 134 Å². The predicted octanol–water partition coefficient (Wildman–Crippen LogP) is -0.368. The van der Waals surface area contributed by atoms with Crippen molar-refractivity contribution in [3.8, 4) is 0 Å². The molecule has 4 amide bonds. The molecule has 7 nitrogen and oxygen atoms in total. The first kappa shape index (κ1) is 18.2. The summed E-state index contributed by atoms with van der Waals surface area (Å²) in [7, 11) is 0. The monoisotopic (exact) mass is 327 g/mol. The minimum atomic E-state index is -0.602. The van der Waals surface area contributed by atoms with Crippen molar-refractivity contribution in [2.24, 2.45) is 0 Å². The fraction of sp³-hybridized carbons (Fsp3) is 0.571. The van der Waals surface area contributed by atoms with Crippen LogP contribution in [0.1, 0.15) is 25.7 Å². The molecule has 8 heteroatoms. The largest absolute Gasteiger partial charge is 0.356 e. The molecular weight excluding hydrogens is 306 g/mol. The maximum absolute atomic E-state index is 11.6. The zero-order chi connectivity index (χ0) is 16.5. The summed E-state index contributed by atoms with van der Waals surface area (Å²) in [6.07, 6.45) is 2.69. The molecule has 1 aliphatic rings. The fourth-order valence-electron chi connectivity index (χ4n) is 1.92. The van der Waals surface area contributed by atoms with E-state index in [-0.39, 0.29) is 56.0 Å². The summed E-state index contributed by atoms with van der Waals surface area (Å²) in [6, 6.07) is 0. The molecule has 0 aliphatic carbocycles. The molecule has 1 saturated heterocycles. The molecule has 1 fully saturated rings. The lowest BCUT2D eigenvalue weighted by Crippen LogP contribution is -2.36. The third-order valence-corrected chi connectivity index (χ3v) is 3.53. The second kappa shape index (κ2) is 9.24. The van der Waals surface area contributed by atoms with Crippen LogP contribution in [-0.2, 0) is 19.2 Å². The first-order valence-electron chi connectivity index (χ1n) is 7.12. The van der Waals surface area contributed by atoms with Gasteiger partial charge in [0.1, 0.15) is 0 Å². The van der Waals surface area contributed by atoms with Gasteiger partial charge in [0.15, 0.2) is 0 Å². The first-order valence-corrected chi connectivity index (χ1v) is 7.64. The third kappa shape index (κ3) is 5.88. The Balaban J connectivity index is 2.16. The highest BCUT2D eigenvalue weighted by atomic mass is 32.1. The van der Waals surface area contributed by atoms with E-state index in [0.717, 1.165) is 4.90 Å². The van der Waals surface area contributed by atoms with Crippen molar-refractivity contribution < 1.29 is 19.2 Å². The number of carbonyl (C=O) groups excluding carboxylic acids is 4. The normalized spacial score (nSPS) is 17.5. The molecule has 0 radical (unpaired) electrons. The van der Waals surface area contributed by atoms with E-state index >= 15 is 0 Å². The molecule has 0 bridgehead atoms. The van der Waals surface area contributed by atoms with Crippen LogP contribution in [0.3, 0.4) is 0 Å². The van der Waals surface area contributed by atoms with Gasteiger partial charge in [-0.3, -0.25) is 24.1 Å². The van der Waals surface area contributed by atoms with Gasteiger partial charge in [-0.1, -0.05) is 6.08 Å². The summed E-state index contributed by atoms with van der Waals surface area (Å²) in [5.41, 5.74) is 0. The van der Waals surface area contributed by atoms with Gasteiger partial charge in [0.2, 0.25) is 23.6 Å². The number of amides is 4. The molecule has 122 valence electrons. The number of imide groups is 1. The number of hydrogen-bond donors (Lipinski definition) is 3. The highest BCUT2D eigenvalue weighted by Crippen LogP contribution is 2.17. The lowest BCUT2D eigenvalue weighted by molar-refractivity contribution is -0.138. The van der Waals surface area contributed by atoms with Crippen LogP contribution in [0.5, 0.6) is 0 Å². The number of nitrogens with one attached hydrogen (secondary N) is 2. The average Bonchev–Trinajstić information content (AvgIpc) is 2.70. The summed E-state index contributed by atoms with van der Waals surface area (Å²) in [5, 5.41) is 4.66. The topological polar surface area (TPSA) is 95.6 Å². The van der Waals surface area contributed by atoms with Gasteiger partial charge in [-0.05, 0) is 6.42 Å². The van der Waals surface area contributed by atoms with Crippen LogP contribution in [0, 0.1) is 0 Å². The molecule has 0 spiro atoms. The Hall–Kier alpha value is -1.83. The van der Waals surface area contributed by atoms with Crippen LogP contribution in [0.2, 0.25) is 0 Å². The maximum atomic E-state index is 11.6. The highest BCUT2D eigenvalue weighted by molar-refractivity contribution is 7.81. The zero-order valence-electron chi connectivity index (χ0n) is 12.3. The van der Waals surface area contributed by atoms with E-state index in [1.807, 2.05) is 0 Å². The number of carbonyl (C=O) groups is 4. The van der Waals surface area contributed by atoms with E-state index in [1.54, 1.807) is 6.08 Å². The molecule has 0 aromatic heterocycles. The summed E-state index contributed by atoms with van der Waals surface area (Å²) < 4.78 is 0. The van der Waals surface area contributed by atoms with Gasteiger partial charge < -0.3 is 10.6 Å². The van der Waals surface area contributed by atoms with Crippen LogP contribution in [0.15, 0.2) is 12.7 Å². The van der Waals surface area contributed by atoms with Gasteiger partial charge in [0, 0.05) is 38.9 Å². The number of rotatable bonds is 9. The summed E-state index contributed by atoms with van der Waals surface area (Å²) >= 11 is 4.00. The van der Waals surface area contributed by atoms with Crippen LogP contribution in [-0.4, -0.2) is 53.4 Å². The molecule has 1 atom stereocenters. The third-order valence-electron chi connectivity index (χ3n) is 3.13. The Morgan fingerprint density at radius 2 is 1.86 bits per heavy atom. The maximum Gasteiger partial charge on any atom is 0.242 e. The second-order valence-corrected chi connectivity index (χ2v) is 5.50.